The van der Waals surface area contributed by atoms with Crippen LogP contribution in [0.3, 0.4) is 0 Å². The van der Waals surface area contributed by atoms with E-state index in [1.54, 1.807) is 0 Å². The summed E-state index contributed by atoms with van der Waals surface area (Å²) in [6.45, 7) is 5.89. The van der Waals surface area contributed by atoms with Gasteiger partial charge in [0.2, 0.25) is 0 Å². The van der Waals surface area contributed by atoms with Crippen molar-refractivity contribution in [2.75, 3.05) is 0 Å². The number of hydrogen-bond donors (Lipinski definition) is 0. The fourth-order valence-corrected chi connectivity index (χ4v) is 3.41. The van der Waals surface area contributed by atoms with Gasteiger partial charge in [-0.25, -0.2) is 8.78 Å². The van der Waals surface area contributed by atoms with Gasteiger partial charge < -0.3 is 0 Å². The fraction of sp³-hybridized carbons (Fsp3) is 0.524. The molecule has 0 bridgehead atoms. The van der Waals surface area contributed by atoms with Gasteiger partial charge in [-0.05, 0) is 62.1 Å². The maximum Gasteiger partial charge on any atom is 0.142 e. The molecule has 0 saturated heterocycles. The van der Waals surface area contributed by atoms with Crippen molar-refractivity contribution < 1.29 is 8.78 Å². The minimum Gasteiger partial charge on any atom is -0.206 e. The van der Waals surface area contributed by atoms with E-state index in [0.717, 1.165) is 44.9 Å². The SMILES string of the molecule is C=C(Cl)C1CCC(C#Cc2c(F)cc(CCCCC)cc2F)CC1. The number of unbranched alkanes of at least 4 members (excludes halogenated alkanes) is 2. The third kappa shape index (κ3) is 5.35. The van der Waals surface area contributed by atoms with Crippen LogP contribution in [-0.2, 0) is 6.42 Å². The van der Waals surface area contributed by atoms with Crippen LogP contribution in [0.25, 0.3) is 0 Å². The first kappa shape index (κ1) is 19.0. The van der Waals surface area contributed by atoms with E-state index in [9.17, 15) is 8.78 Å². The summed E-state index contributed by atoms with van der Waals surface area (Å²) in [5.74, 6) is 5.22. The molecule has 0 radical (unpaired) electrons. The average molecular weight is 351 g/mol. The molecular weight excluding hydrogens is 326 g/mol. The second-order valence-electron chi connectivity index (χ2n) is 6.66. The van der Waals surface area contributed by atoms with Crippen LogP contribution in [-0.4, -0.2) is 0 Å². The molecule has 0 N–H and O–H groups in total. The molecule has 1 saturated carbocycles. The lowest BCUT2D eigenvalue weighted by Crippen LogP contribution is -2.13. The molecule has 2 rings (SSSR count). The van der Waals surface area contributed by atoms with E-state index in [1.165, 1.54) is 12.1 Å². The summed E-state index contributed by atoms with van der Waals surface area (Å²) < 4.78 is 28.3. The minimum absolute atomic E-state index is 0.0990. The summed E-state index contributed by atoms with van der Waals surface area (Å²) in [6, 6.07) is 2.86. The summed E-state index contributed by atoms with van der Waals surface area (Å²) in [4.78, 5) is 0. The zero-order valence-electron chi connectivity index (χ0n) is 14.3. The van der Waals surface area contributed by atoms with Crippen LogP contribution >= 0.6 is 11.6 Å². The summed E-state index contributed by atoms with van der Waals surface area (Å²) in [7, 11) is 0. The van der Waals surface area contributed by atoms with Crippen LogP contribution in [0.5, 0.6) is 0 Å². The highest BCUT2D eigenvalue weighted by atomic mass is 35.5. The molecule has 0 atom stereocenters. The maximum atomic E-state index is 14.2. The Labute approximate surface area is 149 Å². The van der Waals surface area contributed by atoms with E-state index < -0.39 is 11.6 Å². The second kappa shape index (κ2) is 9.23. The molecule has 0 aromatic heterocycles. The van der Waals surface area contributed by atoms with E-state index in [1.807, 2.05) is 0 Å². The van der Waals surface area contributed by atoms with Crippen LogP contribution in [0, 0.1) is 35.3 Å². The second-order valence-corrected chi connectivity index (χ2v) is 7.14. The quantitative estimate of drug-likeness (QED) is 0.414. The Bertz CT molecular complexity index is 608. The third-order valence-corrected chi connectivity index (χ3v) is 5.05. The fourth-order valence-electron chi connectivity index (χ4n) is 3.19. The predicted octanol–water partition coefficient (Wildman–Crippen LogP) is 6.61. The molecule has 0 heterocycles. The molecule has 0 spiro atoms. The van der Waals surface area contributed by atoms with Crippen LogP contribution in [0.15, 0.2) is 23.7 Å². The number of rotatable bonds is 5. The van der Waals surface area contributed by atoms with Gasteiger partial charge in [0.1, 0.15) is 11.6 Å². The number of benzene rings is 1. The van der Waals surface area contributed by atoms with Crippen molar-refractivity contribution in [3.05, 3.63) is 46.5 Å². The summed E-state index contributed by atoms with van der Waals surface area (Å²) in [5, 5.41) is 0.706. The van der Waals surface area contributed by atoms with E-state index in [0.29, 0.717) is 22.9 Å². The van der Waals surface area contributed by atoms with Crippen LogP contribution in [0.2, 0.25) is 0 Å². The highest BCUT2D eigenvalue weighted by Gasteiger charge is 2.21. The zero-order chi connectivity index (χ0) is 17.5. The van der Waals surface area contributed by atoms with Gasteiger partial charge in [0.15, 0.2) is 0 Å². The van der Waals surface area contributed by atoms with Crippen molar-refractivity contribution in [3.8, 4) is 11.8 Å². The van der Waals surface area contributed by atoms with E-state index in [4.69, 9.17) is 11.6 Å². The Balaban J connectivity index is 2.02. The first-order valence-corrected chi connectivity index (χ1v) is 9.22. The topological polar surface area (TPSA) is 0 Å². The molecule has 0 nitrogen and oxygen atoms in total. The molecule has 1 fully saturated rings. The van der Waals surface area contributed by atoms with Gasteiger partial charge in [-0.3, -0.25) is 0 Å². The lowest BCUT2D eigenvalue weighted by atomic mass is 9.82. The van der Waals surface area contributed by atoms with Gasteiger partial charge in [0, 0.05) is 11.0 Å². The summed E-state index contributed by atoms with van der Waals surface area (Å²) in [6.07, 6.45) is 7.53. The standard InChI is InChI=1S/C21H25ClF2/c1-3-4-5-6-17-13-20(23)19(21(24)14-17)12-9-16-7-10-18(11-8-16)15(2)22/h13-14,16,18H,2-8,10-11H2,1H3. The van der Waals surface area contributed by atoms with Gasteiger partial charge in [-0.1, -0.05) is 49.8 Å². The molecule has 24 heavy (non-hydrogen) atoms. The Morgan fingerprint density at radius 2 is 1.79 bits per heavy atom. The van der Waals surface area contributed by atoms with Crippen molar-refractivity contribution in [2.45, 2.75) is 58.3 Å². The van der Waals surface area contributed by atoms with Crippen LogP contribution in [0.4, 0.5) is 8.78 Å². The smallest absolute Gasteiger partial charge is 0.142 e. The maximum absolute atomic E-state index is 14.2. The molecule has 0 amide bonds. The van der Waals surface area contributed by atoms with Gasteiger partial charge >= 0.3 is 0 Å². The molecule has 0 aliphatic heterocycles. The molecule has 0 unspecified atom stereocenters. The summed E-state index contributed by atoms with van der Waals surface area (Å²) >= 11 is 5.95. The average Bonchev–Trinajstić information content (AvgIpc) is 2.55. The molecule has 1 aromatic carbocycles. The van der Waals surface area contributed by atoms with E-state index in [2.05, 4.69) is 25.3 Å². The molecule has 3 heteroatoms. The predicted molar refractivity (Wildman–Crippen MR) is 96.9 cm³/mol. The Hall–Kier alpha value is -1.33. The number of aryl methyl sites for hydroxylation is 1. The van der Waals surface area contributed by atoms with Gasteiger partial charge in [-0.15, -0.1) is 0 Å². The molecule has 1 aliphatic rings. The molecule has 1 aromatic rings. The van der Waals surface area contributed by atoms with E-state index >= 15 is 0 Å². The number of allylic oxidation sites excluding steroid dienone is 1. The zero-order valence-corrected chi connectivity index (χ0v) is 15.1. The van der Waals surface area contributed by atoms with Crippen LogP contribution < -0.4 is 0 Å². The Morgan fingerprint density at radius 3 is 2.33 bits per heavy atom. The highest BCUT2D eigenvalue weighted by molar-refractivity contribution is 6.29. The van der Waals surface area contributed by atoms with E-state index in [-0.39, 0.29) is 11.5 Å². The normalized spacial score (nSPS) is 20.3. The first-order valence-electron chi connectivity index (χ1n) is 8.85. The van der Waals surface area contributed by atoms with Crippen LogP contribution in [0.1, 0.15) is 63.0 Å². The molecule has 1 aliphatic carbocycles. The van der Waals surface area contributed by atoms with Crippen molar-refractivity contribution >= 4 is 11.6 Å². The van der Waals surface area contributed by atoms with Crippen molar-refractivity contribution in [2.24, 2.45) is 11.8 Å². The van der Waals surface area contributed by atoms with Gasteiger partial charge in [0.05, 0.1) is 5.56 Å². The molecular formula is C21H25ClF2. The number of hydrogen-bond acceptors (Lipinski definition) is 0. The Morgan fingerprint density at radius 1 is 1.17 bits per heavy atom. The third-order valence-electron chi connectivity index (χ3n) is 4.74. The first-order chi connectivity index (χ1) is 11.5. The number of halogens is 3. The molecule has 130 valence electrons. The minimum atomic E-state index is -0.545. The van der Waals surface area contributed by atoms with Crippen molar-refractivity contribution in [3.63, 3.8) is 0 Å². The Kier molecular flexibility index (Phi) is 7.31. The highest BCUT2D eigenvalue weighted by Crippen LogP contribution is 2.33. The monoisotopic (exact) mass is 350 g/mol. The lowest BCUT2D eigenvalue weighted by Gasteiger charge is -2.24. The van der Waals surface area contributed by atoms with Crippen molar-refractivity contribution in [1.82, 2.24) is 0 Å². The van der Waals surface area contributed by atoms with Gasteiger partial charge in [-0.2, -0.15) is 0 Å². The lowest BCUT2D eigenvalue weighted by molar-refractivity contribution is 0.361. The van der Waals surface area contributed by atoms with Crippen molar-refractivity contribution in [1.29, 1.82) is 0 Å². The van der Waals surface area contributed by atoms with Gasteiger partial charge in [0.25, 0.3) is 0 Å². The summed E-state index contributed by atoms with van der Waals surface area (Å²) in [5.41, 5.74) is 0.614. The largest absolute Gasteiger partial charge is 0.206 e.